The summed E-state index contributed by atoms with van der Waals surface area (Å²) in [5.74, 6) is 2.99. The van der Waals surface area contributed by atoms with Crippen molar-refractivity contribution in [2.75, 3.05) is 18.5 Å². The van der Waals surface area contributed by atoms with Gasteiger partial charge in [-0.3, -0.25) is 4.79 Å². The lowest BCUT2D eigenvalue weighted by atomic mass is 9.90. The number of hydrogen-bond acceptors (Lipinski definition) is 8. The van der Waals surface area contributed by atoms with Crippen molar-refractivity contribution in [1.82, 2.24) is 5.32 Å². The Hall–Kier alpha value is -4.19. The molecule has 2 aromatic carbocycles. The molecule has 0 saturated carbocycles. The Morgan fingerprint density at radius 3 is 2.72 bits per heavy atom. The lowest BCUT2D eigenvalue weighted by Crippen LogP contribution is -2.47. The number of carbonyl (C=O) groups excluding carboxylic acids is 3. The number of esters is 1. The molecule has 1 fully saturated rings. The van der Waals surface area contributed by atoms with E-state index in [1.165, 1.54) is 0 Å². The lowest BCUT2D eigenvalue weighted by Gasteiger charge is -2.28. The highest BCUT2D eigenvalue weighted by Crippen LogP contribution is 2.38. The summed E-state index contributed by atoms with van der Waals surface area (Å²) in [6, 6.07) is 15.8. The summed E-state index contributed by atoms with van der Waals surface area (Å²) in [6.45, 7) is 0.641. The van der Waals surface area contributed by atoms with Gasteiger partial charge in [-0.25, -0.2) is 14.9 Å². The maximum absolute atomic E-state index is 13.0. The number of rotatable bonds is 8. The second-order valence-electron chi connectivity index (χ2n) is 8.63. The fraction of sp³-hybridized carbons (Fsp3) is 0.250. The number of hydrogen-bond donors (Lipinski definition) is 2. The van der Waals surface area contributed by atoms with Crippen molar-refractivity contribution >= 4 is 29.3 Å². The topological polar surface area (TPSA) is 103 Å². The zero-order chi connectivity index (χ0) is 24.9. The third-order valence-electron chi connectivity index (χ3n) is 6.33. The Morgan fingerprint density at radius 2 is 1.92 bits per heavy atom. The number of benzene rings is 2. The van der Waals surface area contributed by atoms with Crippen LogP contribution in [0, 0.1) is 0 Å². The molecule has 0 unspecified atom stereocenters. The zero-order valence-corrected chi connectivity index (χ0v) is 19.3. The molecule has 8 nitrogen and oxygen atoms in total. The van der Waals surface area contributed by atoms with Crippen LogP contribution in [0.25, 0.3) is 5.76 Å². The molecule has 1 saturated heterocycles. The molecule has 0 aromatic heterocycles. The highest BCUT2D eigenvalue weighted by Gasteiger charge is 2.47. The van der Waals surface area contributed by atoms with Crippen molar-refractivity contribution in [1.29, 1.82) is 0 Å². The fourth-order valence-electron chi connectivity index (χ4n) is 4.60. The molecule has 0 amide bonds. The van der Waals surface area contributed by atoms with Crippen molar-refractivity contribution < 1.29 is 28.6 Å². The van der Waals surface area contributed by atoms with E-state index in [9.17, 15) is 14.4 Å². The van der Waals surface area contributed by atoms with Crippen molar-refractivity contribution in [3.05, 3.63) is 95.1 Å². The number of allylic oxidation sites excluding steroid dienone is 3. The summed E-state index contributed by atoms with van der Waals surface area (Å²) < 4.78 is 17.4. The molecule has 4 atom stereocenters. The number of ether oxygens (including phenoxy) is 3. The molecule has 2 aromatic rings. The smallest absolute Gasteiger partial charge is 0.330 e. The second-order valence-corrected chi connectivity index (χ2v) is 8.63. The largest absolute Gasteiger partial charge is 0.477 e. The molecular formula is C28H24N2O6. The minimum Gasteiger partial charge on any atom is -0.477 e. The van der Waals surface area contributed by atoms with Gasteiger partial charge >= 0.3 is 5.97 Å². The van der Waals surface area contributed by atoms with Crippen LogP contribution in [0.4, 0.5) is 5.69 Å². The maximum atomic E-state index is 13.0. The van der Waals surface area contributed by atoms with Gasteiger partial charge in [0, 0.05) is 35.7 Å². The van der Waals surface area contributed by atoms with Crippen LogP contribution in [-0.2, 0) is 28.6 Å². The third-order valence-corrected chi connectivity index (χ3v) is 6.33. The first kappa shape index (κ1) is 23.5. The van der Waals surface area contributed by atoms with Gasteiger partial charge < -0.3 is 19.5 Å². The molecule has 0 bridgehead atoms. The molecule has 0 spiro atoms. The molecule has 2 aliphatic heterocycles. The predicted molar refractivity (Wildman–Crippen MR) is 132 cm³/mol. The average molecular weight is 485 g/mol. The Labute approximate surface area is 207 Å². The Bertz CT molecular complexity index is 1300. The van der Waals surface area contributed by atoms with Crippen molar-refractivity contribution in [3.8, 4) is 0 Å². The summed E-state index contributed by atoms with van der Waals surface area (Å²) in [5.41, 5.74) is 3.77. The van der Waals surface area contributed by atoms with E-state index in [1.807, 2.05) is 54.4 Å². The predicted octanol–water partition coefficient (Wildman–Crippen LogP) is 2.91. The Balaban J connectivity index is 1.37. The molecule has 3 aliphatic rings. The quantitative estimate of drug-likeness (QED) is 0.335. The van der Waals surface area contributed by atoms with Crippen molar-refractivity contribution in [3.63, 3.8) is 0 Å². The van der Waals surface area contributed by atoms with Crippen molar-refractivity contribution in [2.45, 2.75) is 30.9 Å². The van der Waals surface area contributed by atoms with Crippen molar-refractivity contribution in [2.24, 2.45) is 0 Å². The van der Waals surface area contributed by atoms with E-state index in [-0.39, 0.29) is 18.3 Å². The first-order valence-electron chi connectivity index (χ1n) is 11.7. The third kappa shape index (κ3) is 4.93. The molecule has 36 heavy (non-hydrogen) atoms. The van der Waals surface area contributed by atoms with E-state index in [0.717, 1.165) is 16.8 Å². The molecule has 182 valence electrons. The number of carbonyl (C=O) groups is 1. The van der Waals surface area contributed by atoms with Crippen LogP contribution in [0.5, 0.6) is 0 Å². The first-order valence-corrected chi connectivity index (χ1v) is 11.7. The van der Waals surface area contributed by atoms with Crippen LogP contribution >= 0.6 is 0 Å². The molecule has 0 radical (unpaired) electrons. The number of fused-ring (bicyclic) bond motifs is 1. The van der Waals surface area contributed by atoms with E-state index in [2.05, 4.69) is 10.6 Å². The number of para-hydroxylation sites is 1. The van der Waals surface area contributed by atoms with Gasteiger partial charge in [0.15, 0.2) is 5.94 Å². The van der Waals surface area contributed by atoms with Crippen LogP contribution in [0.2, 0.25) is 0 Å². The molecular weight excluding hydrogens is 460 g/mol. The van der Waals surface area contributed by atoms with Crippen LogP contribution in [0.1, 0.15) is 23.5 Å². The van der Waals surface area contributed by atoms with E-state index in [0.29, 0.717) is 24.1 Å². The molecule has 5 rings (SSSR count). The summed E-state index contributed by atoms with van der Waals surface area (Å²) >= 11 is 0. The molecule has 2 heterocycles. The second kappa shape index (κ2) is 10.6. The van der Waals surface area contributed by atoms with Gasteiger partial charge in [0.1, 0.15) is 18.1 Å². The van der Waals surface area contributed by atoms with E-state index < -0.39 is 24.5 Å². The van der Waals surface area contributed by atoms with E-state index in [4.69, 9.17) is 14.2 Å². The minimum atomic E-state index is -1.02. The molecule has 2 N–H and O–H groups in total. The monoisotopic (exact) mass is 484 g/mol. The summed E-state index contributed by atoms with van der Waals surface area (Å²) in [4.78, 5) is 35.8. The highest BCUT2D eigenvalue weighted by molar-refractivity contribution is 5.84. The van der Waals surface area contributed by atoms with E-state index >= 15 is 0 Å². The van der Waals surface area contributed by atoms with Crippen LogP contribution in [0.3, 0.4) is 0 Å². The summed E-state index contributed by atoms with van der Waals surface area (Å²) in [7, 11) is 0. The van der Waals surface area contributed by atoms with E-state index in [1.54, 1.807) is 30.3 Å². The maximum Gasteiger partial charge on any atom is 0.330 e. The van der Waals surface area contributed by atoms with Gasteiger partial charge in [-0.1, -0.05) is 60.7 Å². The standard InChI is InChI=1S/C28H24N2O6/c31-15-18-7-6-8-19(13-18)17-34-28-30-25(27(33)36-28)26(22-14-29-23-12-5-4-11-21(22)23)35-24(16-32)20-9-2-1-3-10-20/h1-6,8-13,22,25-26,28-30H,7,14,17H2/t22-,25-,26+,28-/m0/s1. The SMILES string of the molecule is O=C=C1C=C(CO[C@@H]2N[C@@H]([C@H](OC(=C=O)c3ccccc3)[C@H]3CNc4ccccc43)C(=O)O2)C=CC1. The normalized spacial score (nSPS) is 23.0. The fourth-order valence-corrected chi connectivity index (χ4v) is 4.60. The van der Waals surface area contributed by atoms with Crippen LogP contribution < -0.4 is 10.6 Å². The number of anilines is 1. The van der Waals surface area contributed by atoms with Gasteiger partial charge in [0.25, 0.3) is 6.41 Å². The Morgan fingerprint density at radius 1 is 1.11 bits per heavy atom. The average Bonchev–Trinajstić information content (AvgIpc) is 3.52. The van der Waals surface area contributed by atoms with Gasteiger partial charge in [-0.2, -0.15) is 0 Å². The number of cyclic esters (lactones) is 1. The van der Waals surface area contributed by atoms with Gasteiger partial charge in [0.2, 0.25) is 5.76 Å². The first-order chi connectivity index (χ1) is 17.7. The van der Waals surface area contributed by atoms with Crippen LogP contribution in [0.15, 0.2) is 84.0 Å². The molecule has 8 heteroatoms. The minimum absolute atomic E-state index is 0.00891. The summed E-state index contributed by atoms with van der Waals surface area (Å²) in [6.07, 6.45) is 4.13. The lowest BCUT2D eigenvalue weighted by molar-refractivity contribution is -0.163. The van der Waals surface area contributed by atoms with Gasteiger partial charge in [-0.05, 0) is 23.3 Å². The van der Waals surface area contributed by atoms with Crippen LogP contribution in [-0.4, -0.2) is 49.6 Å². The molecule has 1 aliphatic carbocycles. The van der Waals surface area contributed by atoms with Gasteiger partial charge in [-0.15, -0.1) is 0 Å². The zero-order valence-electron chi connectivity index (χ0n) is 19.3. The van der Waals surface area contributed by atoms with Gasteiger partial charge in [0.05, 0.1) is 6.61 Å². The summed E-state index contributed by atoms with van der Waals surface area (Å²) in [5, 5.41) is 6.41. The highest BCUT2D eigenvalue weighted by atomic mass is 16.7. The number of nitrogens with one attached hydrogen (secondary N) is 2. The Kier molecular flexibility index (Phi) is 6.94.